The second-order valence-electron chi connectivity index (χ2n) is 10.7. The third-order valence-electron chi connectivity index (χ3n) is 7.93. The van der Waals surface area contributed by atoms with Gasteiger partial charge in [-0.25, -0.2) is 0 Å². The van der Waals surface area contributed by atoms with E-state index >= 15 is 0 Å². The Bertz CT molecular complexity index is 1240. The van der Waals surface area contributed by atoms with Gasteiger partial charge in [-0.1, -0.05) is 115 Å². The molecule has 3 aromatic rings. The monoisotopic (exact) mass is 572 g/mol. The van der Waals surface area contributed by atoms with Crippen molar-refractivity contribution >= 4 is 17.6 Å². The molecule has 3 aromatic carbocycles. The first kappa shape index (κ1) is 29.3. The Morgan fingerprint density at radius 1 is 0.902 bits per heavy atom. The molecule has 1 N–H and O–H groups in total. The van der Waals surface area contributed by atoms with Crippen molar-refractivity contribution in [1.29, 1.82) is 0 Å². The van der Waals surface area contributed by atoms with Crippen LogP contribution in [0.2, 0.25) is 0 Å². The molecule has 2 aliphatic rings. The fourth-order valence-electron chi connectivity index (χ4n) is 5.68. The molecule has 0 saturated carbocycles. The molecule has 214 valence electrons. The van der Waals surface area contributed by atoms with E-state index in [1.54, 1.807) is 0 Å². The number of rotatable bonds is 6. The number of aliphatic hydroxyl groups excluding tert-OH is 1. The highest BCUT2D eigenvalue weighted by Gasteiger charge is 2.43. The van der Waals surface area contributed by atoms with E-state index in [1.165, 1.54) is 0 Å². The van der Waals surface area contributed by atoms with Crippen LogP contribution in [-0.2, 0) is 24.6 Å². The zero-order chi connectivity index (χ0) is 28.7. The van der Waals surface area contributed by atoms with Crippen molar-refractivity contribution in [2.75, 3.05) is 6.61 Å². The summed E-state index contributed by atoms with van der Waals surface area (Å²) in [4.78, 5) is 12.9. The Morgan fingerprint density at radius 2 is 1.46 bits per heavy atom. The minimum absolute atomic E-state index is 0.115. The van der Waals surface area contributed by atoms with Gasteiger partial charge in [0.05, 0.1) is 25.2 Å². The van der Waals surface area contributed by atoms with Crippen LogP contribution in [0.1, 0.15) is 55.7 Å². The van der Waals surface area contributed by atoms with E-state index in [4.69, 9.17) is 25.8 Å². The van der Waals surface area contributed by atoms with E-state index in [-0.39, 0.29) is 19.1 Å². The van der Waals surface area contributed by atoms with Crippen molar-refractivity contribution in [3.8, 4) is 0 Å². The van der Waals surface area contributed by atoms with E-state index in [2.05, 4.69) is 36.4 Å². The SMILES string of the molecule is C/C1=C/C/C=C(\Cl)CC[C@@H]2C[C@@H](OC(=O)C[C@H]1O)[C@@H](COC(c1ccccc1)(c1ccccc1)c1ccccc1)O2. The van der Waals surface area contributed by atoms with Gasteiger partial charge < -0.3 is 19.3 Å². The topological polar surface area (TPSA) is 65.0 Å². The van der Waals surface area contributed by atoms with Crippen LogP contribution in [0.25, 0.3) is 0 Å². The Balaban J connectivity index is 1.47. The number of carbonyl (C=O) groups excluding carboxylic acids is 1. The highest BCUT2D eigenvalue weighted by Crippen LogP contribution is 2.41. The molecule has 2 bridgehead atoms. The standard InChI is InChI=1S/C35H37ClO5/c1-25-12-11-19-29(36)20-21-30-22-32(41-34(38)23-31(25)37)33(40-30)24-39-35(26-13-5-2-6-14-26,27-15-7-3-8-16-27)28-17-9-4-10-18-28/h2-10,12-19,30-33,37H,11,20-24H2,1H3/b25-12-,29-19-/t30-,31-,32-,33-/m1/s1. The minimum atomic E-state index is -0.914. The highest BCUT2D eigenvalue weighted by molar-refractivity contribution is 6.29. The van der Waals surface area contributed by atoms with Crippen LogP contribution in [0.3, 0.4) is 0 Å². The number of halogens is 1. The summed E-state index contributed by atoms with van der Waals surface area (Å²) in [5.41, 5.74) is 2.77. The normalized spacial score (nSPS) is 26.7. The molecule has 1 fully saturated rings. The lowest BCUT2D eigenvalue weighted by Gasteiger charge is -2.37. The molecule has 6 heteroatoms. The average molecular weight is 573 g/mol. The van der Waals surface area contributed by atoms with E-state index in [0.29, 0.717) is 25.7 Å². The van der Waals surface area contributed by atoms with E-state index in [1.807, 2.05) is 73.7 Å². The highest BCUT2D eigenvalue weighted by atomic mass is 35.5. The molecule has 4 atom stereocenters. The van der Waals surface area contributed by atoms with E-state index < -0.39 is 29.9 Å². The maximum Gasteiger partial charge on any atom is 0.309 e. The number of carbonyl (C=O) groups is 1. The predicted molar refractivity (Wildman–Crippen MR) is 160 cm³/mol. The number of hydrogen-bond acceptors (Lipinski definition) is 5. The predicted octanol–water partition coefficient (Wildman–Crippen LogP) is 7.07. The van der Waals surface area contributed by atoms with Crippen LogP contribution in [-0.4, -0.2) is 42.1 Å². The van der Waals surface area contributed by atoms with E-state index in [9.17, 15) is 9.90 Å². The minimum Gasteiger partial charge on any atom is -0.459 e. The van der Waals surface area contributed by atoms with Crippen molar-refractivity contribution in [2.24, 2.45) is 0 Å². The fraction of sp³-hybridized carbons (Fsp3) is 0.343. The molecular formula is C35H37ClO5. The van der Waals surface area contributed by atoms with Gasteiger partial charge >= 0.3 is 5.97 Å². The van der Waals surface area contributed by atoms with Crippen LogP contribution in [0, 0.1) is 0 Å². The maximum absolute atomic E-state index is 12.9. The lowest BCUT2D eigenvalue weighted by molar-refractivity contribution is -0.157. The van der Waals surface area contributed by atoms with Gasteiger partial charge in [-0.15, -0.1) is 0 Å². The van der Waals surface area contributed by atoms with Gasteiger partial charge in [-0.2, -0.15) is 0 Å². The Labute approximate surface area is 247 Å². The molecule has 2 aliphatic heterocycles. The van der Waals surface area contributed by atoms with Crippen molar-refractivity contribution in [3.63, 3.8) is 0 Å². The molecular weight excluding hydrogens is 536 g/mol. The number of esters is 1. The third-order valence-corrected chi connectivity index (χ3v) is 8.28. The zero-order valence-corrected chi connectivity index (χ0v) is 24.1. The zero-order valence-electron chi connectivity index (χ0n) is 23.3. The first-order valence-electron chi connectivity index (χ1n) is 14.3. The van der Waals surface area contributed by atoms with Crippen LogP contribution in [0.15, 0.2) is 114 Å². The van der Waals surface area contributed by atoms with Crippen LogP contribution in [0.4, 0.5) is 0 Å². The number of allylic oxidation sites excluding steroid dienone is 3. The largest absolute Gasteiger partial charge is 0.459 e. The molecule has 0 aliphatic carbocycles. The molecule has 5 nitrogen and oxygen atoms in total. The average Bonchev–Trinajstić information content (AvgIpc) is 3.38. The Morgan fingerprint density at radius 3 is 2.02 bits per heavy atom. The van der Waals surface area contributed by atoms with Gasteiger partial charge in [0.15, 0.2) is 0 Å². The van der Waals surface area contributed by atoms with Gasteiger partial charge in [0.25, 0.3) is 0 Å². The molecule has 2 heterocycles. The van der Waals surface area contributed by atoms with Crippen molar-refractivity contribution in [3.05, 3.63) is 130 Å². The van der Waals surface area contributed by atoms with Crippen molar-refractivity contribution in [1.82, 2.24) is 0 Å². The Hall–Kier alpha value is -3.22. The van der Waals surface area contributed by atoms with Gasteiger partial charge in [0.2, 0.25) is 0 Å². The molecule has 0 unspecified atom stereocenters. The first-order chi connectivity index (χ1) is 20.0. The summed E-state index contributed by atoms with van der Waals surface area (Å²) in [5.74, 6) is -0.449. The van der Waals surface area contributed by atoms with Crippen LogP contribution in [0.5, 0.6) is 0 Å². The fourth-order valence-corrected chi connectivity index (χ4v) is 5.88. The Kier molecular flexibility index (Phi) is 9.73. The van der Waals surface area contributed by atoms with Gasteiger partial charge in [-0.05, 0) is 48.4 Å². The van der Waals surface area contributed by atoms with Crippen molar-refractivity contribution in [2.45, 2.75) is 69.0 Å². The number of fused-ring (bicyclic) bond motifs is 2. The van der Waals surface area contributed by atoms with E-state index in [0.717, 1.165) is 27.3 Å². The lowest BCUT2D eigenvalue weighted by Crippen LogP contribution is -2.39. The summed E-state index contributed by atoms with van der Waals surface area (Å²) in [6, 6.07) is 30.5. The smallest absolute Gasteiger partial charge is 0.309 e. The van der Waals surface area contributed by atoms with Crippen LogP contribution < -0.4 is 0 Å². The molecule has 0 amide bonds. The summed E-state index contributed by atoms with van der Waals surface area (Å²) in [6.45, 7) is 2.01. The third kappa shape index (κ3) is 6.99. The number of benzene rings is 3. The second-order valence-corrected chi connectivity index (χ2v) is 11.2. The quantitative estimate of drug-likeness (QED) is 0.194. The molecule has 0 aromatic heterocycles. The molecule has 0 spiro atoms. The molecule has 0 radical (unpaired) electrons. The molecule has 1 saturated heterocycles. The van der Waals surface area contributed by atoms with Crippen molar-refractivity contribution < 1.29 is 24.1 Å². The molecule has 5 rings (SSSR count). The number of ether oxygens (including phenoxy) is 3. The van der Waals surface area contributed by atoms with Gasteiger partial charge in [0, 0.05) is 11.5 Å². The summed E-state index contributed by atoms with van der Waals surface area (Å²) < 4.78 is 19.4. The number of aliphatic hydroxyl groups is 1. The summed E-state index contributed by atoms with van der Waals surface area (Å²) in [6.07, 6.45) is 4.22. The summed E-state index contributed by atoms with van der Waals surface area (Å²) >= 11 is 6.49. The van der Waals surface area contributed by atoms with Crippen LogP contribution >= 0.6 is 11.6 Å². The number of hydrogen-bond donors (Lipinski definition) is 1. The second kappa shape index (κ2) is 13.6. The lowest BCUT2D eigenvalue weighted by atomic mass is 9.80. The maximum atomic E-state index is 12.9. The van der Waals surface area contributed by atoms with Gasteiger partial charge in [-0.3, -0.25) is 4.79 Å². The summed E-state index contributed by atoms with van der Waals surface area (Å²) in [5, 5.41) is 11.3. The first-order valence-corrected chi connectivity index (χ1v) is 14.7. The summed E-state index contributed by atoms with van der Waals surface area (Å²) in [7, 11) is 0. The van der Waals surface area contributed by atoms with Gasteiger partial charge in [0.1, 0.15) is 17.8 Å². The molecule has 41 heavy (non-hydrogen) atoms.